The summed E-state index contributed by atoms with van der Waals surface area (Å²) in [5, 5.41) is 17.0. The molecule has 2 heterocycles. The maximum Gasteiger partial charge on any atom is 0.309 e. The molecule has 0 radical (unpaired) electrons. The number of aliphatic hydroxyl groups is 1. The van der Waals surface area contributed by atoms with Crippen LogP contribution in [0.5, 0.6) is 0 Å². The lowest BCUT2D eigenvalue weighted by Gasteiger charge is -2.47. The summed E-state index contributed by atoms with van der Waals surface area (Å²) in [6.07, 6.45) is 2.07. The minimum absolute atomic E-state index is 0.189. The average molecular weight is 406 g/mol. The van der Waals surface area contributed by atoms with E-state index in [1.54, 1.807) is 11.9 Å². The van der Waals surface area contributed by atoms with E-state index < -0.39 is 6.10 Å². The van der Waals surface area contributed by atoms with E-state index in [4.69, 9.17) is 9.90 Å². The Kier molecular flexibility index (Phi) is 8.16. The molecular formula is C21H30N2O6. The van der Waals surface area contributed by atoms with Gasteiger partial charge in [0.05, 0.1) is 25.0 Å². The van der Waals surface area contributed by atoms with Gasteiger partial charge in [0.2, 0.25) is 5.91 Å². The molecule has 2 aliphatic heterocycles. The number of methoxy groups -OCH3 is 1. The molecule has 1 atom stereocenters. The number of hydrogen-bond donors (Lipinski definition) is 2. The van der Waals surface area contributed by atoms with E-state index in [0.29, 0.717) is 19.4 Å². The summed E-state index contributed by atoms with van der Waals surface area (Å²) in [5.74, 6) is -0.0435. The van der Waals surface area contributed by atoms with Gasteiger partial charge in [0.15, 0.2) is 0 Å². The fourth-order valence-corrected chi connectivity index (χ4v) is 4.22. The van der Waals surface area contributed by atoms with Crippen molar-refractivity contribution in [2.45, 2.75) is 38.3 Å². The summed E-state index contributed by atoms with van der Waals surface area (Å²) in [5.41, 5.74) is 1.76. The molecule has 0 aromatic heterocycles. The van der Waals surface area contributed by atoms with Crippen molar-refractivity contribution in [3.63, 3.8) is 0 Å². The summed E-state index contributed by atoms with van der Waals surface area (Å²) in [4.78, 5) is 36.3. The Morgan fingerprint density at radius 3 is 2.34 bits per heavy atom. The third-order valence-electron chi connectivity index (χ3n) is 5.73. The molecule has 1 aromatic rings. The second-order valence-corrected chi connectivity index (χ2v) is 7.77. The summed E-state index contributed by atoms with van der Waals surface area (Å²) in [6, 6.07) is 8.03. The predicted molar refractivity (Wildman–Crippen MR) is 106 cm³/mol. The van der Waals surface area contributed by atoms with Gasteiger partial charge in [-0.25, -0.2) is 0 Å². The molecule has 8 nitrogen and oxygen atoms in total. The molecule has 0 saturated carbocycles. The van der Waals surface area contributed by atoms with Gasteiger partial charge in [0.1, 0.15) is 0 Å². The van der Waals surface area contributed by atoms with Crippen LogP contribution in [0, 0.1) is 5.41 Å². The van der Waals surface area contributed by atoms with Crippen molar-refractivity contribution in [1.29, 1.82) is 0 Å². The molecule has 29 heavy (non-hydrogen) atoms. The van der Waals surface area contributed by atoms with E-state index in [9.17, 15) is 14.7 Å². The largest absolute Gasteiger partial charge is 0.483 e. The van der Waals surface area contributed by atoms with Crippen LogP contribution in [-0.2, 0) is 32.1 Å². The lowest BCUT2D eigenvalue weighted by Crippen LogP contribution is -2.56. The van der Waals surface area contributed by atoms with Gasteiger partial charge in [0.25, 0.3) is 6.47 Å². The molecule has 0 bridgehead atoms. The average Bonchev–Trinajstić information content (AvgIpc) is 2.70. The van der Waals surface area contributed by atoms with E-state index in [1.807, 2.05) is 24.3 Å². The topological polar surface area (TPSA) is 107 Å². The maximum absolute atomic E-state index is 12.6. The van der Waals surface area contributed by atoms with Gasteiger partial charge in [-0.15, -0.1) is 0 Å². The summed E-state index contributed by atoms with van der Waals surface area (Å²) >= 11 is 0. The molecule has 160 valence electrons. The molecule has 2 saturated heterocycles. The van der Waals surface area contributed by atoms with Gasteiger partial charge in [-0.05, 0) is 43.5 Å². The number of carbonyl (C=O) groups is 3. The van der Waals surface area contributed by atoms with Gasteiger partial charge in [-0.2, -0.15) is 0 Å². The summed E-state index contributed by atoms with van der Waals surface area (Å²) in [7, 11) is 3.18. The van der Waals surface area contributed by atoms with Crippen LogP contribution in [0.15, 0.2) is 24.3 Å². The molecule has 1 spiro atoms. The number of esters is 1. The van der Waals surface area contributed by atoms with Crippen molar-refractivity contribution in [3.05, 3.63) is 35.4 Å². The zero-order valence-corrected chi connectivity index (χ0v) is 17.0. The standard InChI is InChI=1S/C20H28N2O4.CH2O2/c1-21-14-17(23)12-20(19(21)25)7-9-22(10-8-20)13-16-5-3-15(4-6-16)11-18(24)26-2;2-1-3/h3-6,17,23H,7-14H2,1-2H3;1H,(H,2,3). The quantitative estimate of drug-likeness (QED) is 0.565. The molecule has 1 amide bonds. The van der Waals surface area contributed by atoms with Crippen molar-refractivity contribution in [1.82, 2.24) is 9.80 Å². The third-order valence-corrected chi connectivity index (χ3v) is 5.73. The Morgan fingerprint density at radius 1 is 1.24 bits per heavy atom. The lowest BCUT2D eigenvalue weighted by molar-refractivity contribution is -0.154. The number of rotatable bonds is 4. The monoisotopic (exact) mass is 406 g/mol. The van der Waals surface area contributed by atoms with E-state index >= 15 is 0 Å². The van der Waals surface area contributed by atoms with Crippen LogP contribution in [0.4, 0.5) is 0 Å². The first-order chi connectivity index (χ1) is 13.8. The number of likely N-dealkylation sites (tertiary alicyclic amines) is 2. The smallest absolute Gasteiger partial charge is 0.309 e. The van der Waals surface area contributed by atoms with Crippen molar-refractivity contribution >= 4 is 18.3 Å². The fourth-order valence-electron chi connectivity index (χ4n) is 4.22. The number of aliphatic hydroxyl groups excluding tert-OH is 1. The highest BCUT2D eigenvalue weighted by Crippen LogP contribution is 2.40. The Morgan fingerprint density at radius 2 is 1.79 bits per heavy atom. The fraction of sp³-hybridized carbons (Fsp3) is 0.571. The molecule has 3 rings (SSSR count). The van der Waals surface area contributed by atoms with Crippen molar-refractivity contribution in [2.24, 2.45) is 5.41 Å². The summed E-state index contributed by atoms with van der Waals surface area (Å²) in [6.45, 7) is 2.75. The van der Waals surface area contributed by atoms with Gasteiger partial charge >= 0.3 is 5.97 Å². The van der Waals surface area contributed by atoms with Crippen molar-refractivity contribution < 1.29 is 29.3 Å². The maximum atomic E-state index is 12.6. The number of piperidine rings is 2. The second kappa shape index (κ2) is 10.4. The number of amides is 1. The molecule has 1 unspecified atom stereocenters. The van der Waals surface area contributed by atoms with Gasteiger partial charge < -0.3 is 19.8 Å². The van der Waals surface area contributed by atoms with E-state index in [-0.39, 0.29) is 23.8 Å². The SMILES string of the molecule is COC(=O)Cc1ccc(CN2CCC3(CC2)CC(O)CN(C)C3=O)cc1.O=CO. The van der Waals surface area contributed by atoms with Crippen LogP contribution in [-0.4, -0.2) is 78.3 Å². The number of β-amino-alcohol motifs (C(OH)–C–C–N with tert-alkyl or cyclic N) is 1. The number of ether oxygens (including phenoxy) is 1. The highest BCUT2D eigenvalue weighted by atomic mass is 16.5. The van der Waals surface area contributed by atoms with Gasteiger partial charge in [-0.1, -0.05) is 24.3 Å². The highest BCUT2D eigenvalue weighted by Gasteiger charge is 2.47. The predicted octanol–water partition coefficient (Wildman–Crippen LogP) is 0.908. The Balaban J connectivity index is 0.000000941. The minimum atomic E-state index is -0.411. The number of nitrogens with zero attached hydrogens (tertiary/aromatic N) is 2. The first-order valence-electron chi connectivity index (χ1n) is 9.72. The Hall–Kier alpha value is -2.45. The van der Waals surface area contributed by atoms with Gasteiger partial charge in [-0.3, -0.25) is 19.3 Å². The molecule has 8 heteroatoms. The molecule has 2 fully saturated rings. The number of hydrogen-bond acceptors (Lipinski definition) is 6. The van der Waals surface area contributed by atoms with Gasteiger partial charge in [0, 0.05) is 20.1 Å². The Bertz CT molecular complexity index is 698. The number of benzene rings is 1. The van der Waals surface area contributed by atoms with Crippen LogP contribution in [0.2, 0.25) is 0 Å². The van der Waals surface area contributed by atoms with Crippen LogP contribution in [0.3, 0.4) is 0 Å². The zero-order valence-electron chi connectivity index (χ0n) is 17.0. The van der Waals surface area contributed by atoms with Crippen LogP contribution in [0.1, 0.15) is 30.4 Å². The molecule has 2 aliphatic rings. The minimum Gasteiger partial charge on any atom is -0.483 e. The lowest BCUT2D eigenvalue weighted by atomic mass is 9.71. The first-order valence-corrected chi connectivity index (χ1v) is 9.72. The van der Waals surface area contributed by atoms with E-state index in [1.165, 1.54) is 12.7 Å². The second-order valence-electron chi connectivity index (χ2n) is 7.77. The molecule has 2 N–H and O–H groups in total. The Labute approximate surface area is 171 Å². The molecule has 1 aromatic carbocycles. The molecule has 0 aliphatic carbocycles. The van der Waals surface area contributed by atoms with Crippen LogP contribution >= 0.6 is 0 Å². The van der Waals surface area contributed by atoms with Crippen molar-refractivity contribution in [2.75, 3.05) is 33.8 Å². The van der Waals surface area contributed by atoms with Crippen molar-refractivity contribution in [3.8, 4) is 0 Å². The molecular weight excluding hydrogens is 376 g/mol. The first kappa shape index (κ1) is 22.8. The number of likely N-dealkylation sites (N-methyl/N-ethyl adjacent to an activating group) is 1. The van der Waals surface area contributed by atoms with E-state index in [0.717, 1.165) is 38.0 Å². The normalized spacial score (nSPS) is 21.3. The highest BCUT2D eigenvalue weighted by molar-refractivity contribution is 5.83. The van der Waals surface area contributed by atoms with E-state index in [2.05, 4.69) is 9.64 Å². The van der Waals surface area contributed by atoms with Crippen LogP contribution in [0.25, 0.3) is 0 Å². The zero-order chi connectivity index (χ0) is 21.4. The summed E-state index contributed by atoms with van der Waals surface area (Å²) < 4.78 is 4.69. The van der Waals surface area contributed by atoms with Crippen LogP contribution < -0.4 is 0 Å². The number of carbonyl (C=O) groups excluding carboxylic acids is 2. The number of carboxylic acid groups (broad SMARTS) is 1. The third kappa shape index (κ3) is 6.01.